The van der Waals surface area contributed by atoms with Crippen molar-refractivity contribution in [1.82, 2.24) is 10.3 Å². The number of nitrogens with zero attached hydrogens (tertiary/aromatic N) is 2. The van der Waals surface area contributed by atoms with E-state index in [1.165, 1.54) is 18.2 Å². The highest BCUT2D eigenvalue weighted by Crippen LogP contribution is 2.36. The summed E-state index contributed by atoms with van der Waals surface area (Å²) >= 11 is 6.12. The molecule has 0 radical (unpaired) electrons. The molecule has 1 aliphatic rings. The molecule has 0 atom stereocenters. The van der Waals surface area contributed by atoms with Gasteiger partial charge in [-0.05, 0) is 49.7 Å². The summed E-state index contributed by atoms with van der Waals surface area (Å²) in [4.78, 5) is 28.9. The molecule has 1 aromatic heterocycles. The third-order valence-corrected chi connectivity index (χ3v) is 6.57. The van der Waals surface area contributed by atoms with E-state index < -0.39 is 27.3 Å². The first-order valence-electron chi connectivity index (χ1n) is 8.16. The molecule has 7 nitrogen and oxygen atoms in total. The second kappa shape index (κ2) is 6.94. The van der Waals surface area contributed by atoms with Gasteiger partial charge in [0.25, 0.3) is 5.91 Å². The second-order valence-electron chi connectivity index (χ2n) is 6.91. The van der Waals surface area contributed by atoms with E-state index in [0.717, 1.165) is 9.87 Å². The van der Waals surface area contributed by atoms with Gasteiger partial charge >= 0.3 is 0 Å². The molecular formula is C18H18ClN3O4S. The van der Waals surface area contributed by atoms with Gasteiger partial charge in [0.15, 0.2) is 0 Å². The maximum Gasteiger partial charge on any atom is 0.253 e. The van der Waals surface area contributed by atoms with E-state index in [1.54, 1.807) is 38.4 Å². The summed E-state index contributed by atoms with van der Waals surface area (Å²) < 4.78 is 25.6. The van der Waals surface area contributed by atoms with Crippen LogP contribution in [0.2, 0.25) is 5.02 Å². The summed E-state index contributed by atoms with van der Waals surface area (Å²) in [5, 5.41) is 2.88. The van der Waals surface area contributed by atoms with E-state index in [1.807, 2.05) is 0 Å². The molecule has 1 N–H and O–H groups in total. The lowest BCUT2D eigenvalue weighted by Gasteiger charge is -2.18. The zero-order chi connectivity index (χ0) is 19.8. The molecule has 27 heavy (non-hydrogen) atoms. The van der Waals surface area contributed by atoms with Crippen molar-refractivity contribution >= 4 is 39.1 Å². The average molecular weight is 408 g/mol. The molecule has 0 aliphatic carbocycles. The number of anilines is 1. The number of sulfonamides is 1. The summed E-state index contributed by atoms with van der Waals surface area (Å²) in [6, 6.07) is 7.66. The van der Waals surface area contributed by atoms with E-state index in [9.17, 15) is 18.0 Å². The Bertz CT molecular complexity index is 1010. The topological polar surface area (TPSA) is 96.4 Å². The van der Waals surface area contributed by atoms with Crippen LogP contribution >= 0.6 is 11.6 Å². The van der Waals surface area contributed by atoms with Crippen LogP contribution in [0.15, 0.2) is 42.7 Å². The fraction of sp³-hybridized carbons (Fsp3) is 0.278. The van der Waals surface area contributed by atoms with Crippen molar-refractivity contribution in [3.63, 3.8) is 0 Å². The fourth-order valence-electron chi connectivity index (χ4n) is 2.85. The Kier molecular flexibility index (Phi) is 4.96. The Morgan fingerprint density at radius 1 is 1.26 bits per heavy atom. The average Bonchev–Trinajstić information content (AvgIpc) is 2.77. The first kappa shape index (κ1) is 19.3. The van der Waals surface area contributed by atoms with Crippen molar-refractivity contribution in [2.75, 3.05) is 10.1 Å². The highest BCUT2D eigenvalue weighted by molar-refractivity contribution is 7.94. The first-order valence-corrected chi connectivity index (χ1v) is 10.1. The lowest BCUT2D eigenvalue weighted by atomic mass is 9.95. The fourth-order valence-corrected chi connectivity index (χ4v) is 5.16. The Balaban J connectivity index is 1.88. The quantitative estimate of drug-likeness (QED) is 0.839. The Labute approximate surface area is 162 Å². The summed E-state index contributed by atoms with van der Waals surface area (Å²) in [7, 11) is -3.81. The Morgan fingerprint density at radius 2 is 1.93 bits per heavy atom. The van der Waals surface area contributed by atoms with Crippen LogP contribution in [0.25, 0.3) is 0 Å². The van der Waals surface area contributed by atoms with E-state index in [-0.39, 0.29) is 28.6 Å². The van der Waals surface area contributed by atoms with Crippen LogP contribution in [0.1, 0.15) is 29.8 Å². The minimum Gasteiger partial charge on any atom is -0.348 e. The van der Waals surface area contributed by atoms with Gasteiger partial charge in [0, 0.05) is 18.9 Å². The molecule has 9 heteroatoms. The van der Waals surface area contributed by atoms with Crippen molar-refractivity contribution in [1.29, 1.82) is 0 Å². The van der Waals surface area contributed by atoms with Crippen LogP contribution in [0, 0.1) is 5.41 Å². The van der Waals surface area contributed by atoms with Gasteiger partial charge in [-0.25, -0.2) is 12.7 Å². The van der Waals surface area contributed by atoms with E-state index in [2.05, 4.69) is 10.3 Å². The summed E-state index contributed by atoms with van der Waals surface area (Å²) in [6.45, 7) is 3.41. The zero-order valence-corrected chi connectivity index (χ0v) is 16.3. The molecule has 1 aromatic carbocycles. The van der Waals surface area contributed by atoms with Crippen molar-refractivity contribution in [2.45, 2.75) is 20.4 Å². The lowest BCUT2D eigenvalue weighted by Crippen LogP contribution is -2.33. The maximum atomic E-state index is 12.5. The van der Waals surface area contributed by atoms with Crippen LogP contribution in [-0.4, -0.2) is 31.0 Å². The van der Waals surface area contributed by atoms with Crippen molar-refractivity contribution in [3.8, 4) is 0 Å². The summed E-state index contributed by atoms with van der Waals surface area (Å²) in [6.07, 6.45) is 3.22. The SMILES string of the molecule is CC1(C)CS(=O)(=O)N(c2ccc(Cl)c(C(=O)NCc3ccncc3)c2)C1=O. The molecule has 3 rings (SSSR count). The second-order valence-corrected chi connectivity index (χ2v) is 9.14. The van der Waals surface area contributed by atoms with Gasteiger partial charge in [0.2, 0.25) is 15.9 Å². The Morgan fingerprint density at radius 3 is 2.52 bits per heavy atom. The smallest absolute Gasteiger partial charge is 0.253 e. The van der Waals surface area contributed by atoms with E-state index in [0.29, 0.717) is 0 Å². The van der Waals surface area contributed by atoms with Crippen LogP contribution in [-0.2, 0) is 21.4 Å². The molecule has 0 saturated carbocycles. The number of benzene rings is 1. The summed E-state index contributed by atoms with van der Waals surface area (Å²) in [5.74, 6) is -1.29. The minimum absolute atomic E-state index is 0.0935. The Hall–Kier alpha value is -2.45. The molecule has 0 unspecified atom stereocenters. The molecule has 2 amide bonds. The number of carbonyl (C=O) groups is 2. The van der Waals surface area contributed by atoms with Crippen molar-refractivity contribution in [2.24, 2.45) is 5.41 Å². The van der Waals surface area contributed by atoms with Crippen LogP contribution in [0.5, 0.6) is 0 Å². The van der Waals surface area contributed by atoms with Crippen LogP contribution in [0.3, 0.4) is 0 Å². The number of pyridine rings is 1. The number of aromatic nitrogens is 1. The van der Waals surface area contributed by atoms with Gasteiger partial charge in [-0.1, -0.05) is 11.6 Å². The van der Waals surface area contributed by atoms with Crippen LogP contribution in [0.4, 0.5) is 5.69 Å². The molecule has 1 fully saturated rings. The van der Waals surface area contributed by atoms with Gasteiger partial charge in [-0.3, -0.25) is 14.6 Å². The van der Waals surface area contributed by atoms with Crippen LogP contribution < -0.4 is 9.62 Å². The van der Waals surface area contributed by atoms with Crippen molar-refractivity contribution in [3.05, 3.63) is 58.9 Å². The molecule has 1 aliphatic heterocycles. The standard InChI is InChI=1S/C18H18ClN3O4S/c1-18(2)11-27(25,26)22(17(18)24)13-3-4-15(19)14(9-13)16(23)21-10-12-5-7-20-8-6-12/h3-9H,10-11H2,1-2H3,(H,21,23). The molecule has 2 heterocycles. The number of nitrogens with one attached hydrogen (secondary N) is 1. The van der Waals surface area contributed by atoms with Gasteiger partial charge in [-0.2, -0.15) is 0 Å². The molecule has 0 spiro atoms. The normalized spacial score (nSPS) is 17.7. The molecular weight excluding hydrogens is 390 g/mol. The largest absolute Gasteiger partial charge is 0.348 e. The zero-order valence-electron chi connectivity index (χ0n) is 14.8. The highest BCUT2D eigenvalue weighted by atomic mass is 35.5. The maximum absolute atomic E-state index is 12.5. The number of carbonyl (C=O) groups excluding carboxylic acids is 2. The minimum atomic E-state index is -3.81. The van der Waals surface area contributed by atoms with E-state index >= 15 is 0 Å². The predicted molar refractivity (Wildman–Crippen MR) is 102 cm³/mol. The number of amides is 2. The van der Waals surface area contributed by atoms with Gasteiger partial charge in [-0.15, -0.1) is 0 Å². The number of hydrogen-bond donors (Lipinski definition) is 1. The highest BCUT2D eigenvalue weighted by Gasteiger charge is 2.50. The molecule has 1 saturated heterocycles. The van der Waals surface area contributed by atoms with Gasteiger partial charge in [0.1, 0.15) is 0 Å². The lowest BCUT2D eigenvalue weighted by molar-refractivity contribution is -0.123. The van der Waals surface area contributed by atoms with Gasteiger partial charge < -0.3 is 5.32 Å². The third-order valence-electron chi connectivity index (χ3n) is 4.22. The monoisotopic (exact) mass is 407 g/mol. The van der Waals surface area contributed by atoms with Gasteiger partial charge in [0.05, 0.1) is 27.4 Å². The number of hydrogen-bond acceptors (Lipinski definition) is 5. The van der Waals surface area contributed by atoms with Crippen molar-refractivity contribution < 1.29 is 18.0 Å². The predicted octanol–water partition coefficient (Wildman–Crippen LogP) is 2.37. The molecule has 2 aromatic rings. The molecule has 142 valence electrons. The third kappa shape index (κ3) is 3.81. The number of rotatable bonds is 4. The first-order chi connectivity index (χ1) is 12.6. The van der Waals surface area contributed by atoms with E-state index in [4.69, 9.17) is 11.6 Å². The number of halogens is 1. The summed E-state index contributed by atoms with van der Waals surface area (Å²) in [5.41, 5.74) is 0.0204. The molecule has 0 bridgehead atoms.